The molecule has 2 heterocycles. The van der Waals surface area contributed by atoms with E-state index in [1.54, 1.807) is 4.90 Å². The van der Waals surface area contributed by atoms with E-state index in [2.05, 4.69) is 0 Å². The average molecular weight is 256 g/mol. The number of carbonyl (C=O) groups excluding carboxylic acids is 1. The minimum atomic E-state index is -0.363. The second kappa shape index (κ2) is 4.55. The Bertz CT molecular complexity index is 598. The smallest absolute Gasteiger partial charge is 0.270 e. The summed E-state index contributed by atoms with van der Waals surface area (Å²) in [6.07, 6.45) is -0.363. The number of nitrogens with zero attached hydrogens (tertiary/aromatic N) is 2. The van der Waals surface area contributed by atoms with E-state index in [9.17, 15) is 9.90 Å². The molecule has 0 spiro atoms. The van der Waals surface area contributed by atoms with E-state index in [0.717, 1.165) is 11.3 Å². The minimum Gasteiger partial charge on any atom is -0.389 e. The first-order valence-electron chi connectivity index (χ1n) is 6.35. The molecule has 1 N–H and O–H groups in total. The van der Waals surface area contributed by atoms with E-state index in [0.29, 0.717) is 18.8 Å². The van der Waals surface area contributed by atoms with Gasteiger partial charge in [0, 0.05) is 25.8 Å². The lowest BCUT2D eigenvalue weighted by molar-refractivity contribution is 0.00528. The Morgan fingerprint density at radius 3 is 2.47 bits per heavy atom. The number of rotatable bonds is 2. The van der Waals surface area contributed by atoms with Gasteiger partial charge in [-0.1, -0.05) is 30.3 Å². The highest BCUT2D eigenvalue weighted by Crippen LogP contribution is 2.23. The molecule has 1 fully saturated rings. The lowest BCUT2D eigenvalue weighted by Crippen LogP contribution is -2.53. The van der Waals surface area contributed by atoms with Crippen molar-refractivity contribution in [2.24, 2.45) is 7.05 Å². The van der Waals surface area contributed by atoms with Gasteiger partial charge in [-0.2, -0.15) is 0 Å². The molecule has 2 aromatic rings. The maximum atomic E-state index is 12.2. The molecule has 1 aliphatic rings. The highest BCUT2D eigenvalue weighted by Gasteiger charge is 2.30. The van der Waals surface area contributed by atoms with Crippen LogP contribution in [-0.4, -0.2) is 39.7 Å². The molecule has 4 nitrogen and oxygen atoms in total. The van der Waals surface area contributed by atoms with Crippen LogP contribution >= 0.6 is 0 Å². The number of carbonyl (C=O) groups is 1. The maximum absolute atomic E-state index is 12.2. The molecule has 1 aromatic heterocycles. The zero-order valence-electron chi connectivity index (χ0n) is 10.8. The van der Waals surface area contributed by atoms with Crippen LogP contribution in [0.2, 0.25) is 0 Å². The second-order valence-corrected chi connectivity index (χ2v) is 4.89. The van der Waals surface area contributed by atoms with Gasteiger partial charge in [-0.25, -0.2) is 0 Å². The number of benzene rings is 1. The number of aromatic nitrogens is 1. The van der Waals surface area contributed by atoms with E-state index in [1.165, 1.54) is 0 Å². The lowest BCUT2D eigenvalue weighted by Gasteiger charge is -2.35. The highest BCUT2D eigenvalue weighted by atomic mass is 16.3. The largest absolute Gasteiger partial charge is 0.389 e. The fraction of sp³-hybridized carbons (Fsp3) is 0.267. The van der Waals surface area contributed by atoms with Crippen molar-refractivity contribution >= 4 is 5.91 Å². The SMILES string of the molecule is Cn1c(C(=O)N2CC(O)C2)ccc1-c1ccccc1. The van der Waals surface area contributed by atoms with E-state index in [4.69, 9.17) is 0 Å². The fourth-order valence-electron chi connectivity index (χ4n) is 2.41. The number of amides is 1. The molecule has 0 radical (unpaired) electrons. The molecule has 0 bridgehead atoms. The Kier molecular flexibility index (Phi) is 2.87. The van der Waals surface area contributed by atoms with Crippen LogP contribution in [0, 0.1) is 0 Å². The van der Waals surface area contributed by atoms with Crippen LogP contribution in [-0.2, 0) is 7.05 Å². The summed E-state index contributed by atoms with van der Waals surface area (Å²) in [7, 11) is 1.89. The molecule has 3 rings (SSSR count). The van der Waals surface area contributed by atoms with Crippen LogP contribution < -0.4 is 0 Å². The van der Waals surface area contributed by atoms with Gasteiger partial charge in [0.2, 0.25) is 0 Å². The average Bonchev–Trinajstić information content (AvgIpc) is 2.77. The van der Waals surface area contributed by atoms with Gasteiger partial charge in [0.1, 0.15) is 5.69 Å². The Hall–Kier alpha value is -2.07. The zero-order valence-corrected chi connectivity index (χ0v) is 10.8. The number of hydrogen-bond acceptors (Lipinski definition) is 2. The summed E-state index contributed by atoms with van der Waals surface area (Å²) in [6, 6.07) is 13.8. The molecule has 19 heavy (non-hydrogen) atoms. The molecule has 0 aliphatic carbocycles. The minimum absolute atomic E-state index is 0.0185. The third-order valence-electron chi connectivity index (χ3n) is 3.56. The first-order chi connectivity index (χ1) is 9.16. The summed E-state index contributed by atoms with van der Waals surface area (Å²) in [6.45, 7) is 0.870. The van der Waals surface area contributed by atoms with Crippen molar-refractivity contribution in [3.63, 3.8) is 0 Å². The van der Waals surface area contributed by atoms with E-state index < -0.39 is 0 Å². The van der Waals surface area contributed by atoms with Crippen LogP contribution in [0.1, 0.15) is 10.5 Å². The van der Waals surface area contributed by atoms with E-state index in [-0.39, 0.29) is 12.0 Å². The molecular weight excluding hydrogens is 240 g/mol. The van der Waals surface area contributed by atoms with Crippen LogP contribution in [0.5, 0.6) is 0 Å². The van der Waals surface area contributed by atoms with Gasteiger partial charge in [0.25, 0.3) is 5.91 Å². The van der Waals surface area contributed by atoms with Gasteiger partial charge >= 0.3 is 0 Å². The van der Waals surface area contributed by atoms with Crippen LogP contribution in [0.25, 0.3) is 11.3 Å². The third-order valence-corrected chi connectivity index (χ3v) is 3.56. The van der Waals surface area contributed by atoms with Crippen molar-refractivity contribution in [1.82, 2.24) is 9.47 Å². The molecule has 4 heteroatoms. The summed E-state index contributed by atoms with van der Waals surface area (Å²) < 4.78 is 1.91. The number of hydrogen-bond donors (Lipinski definition) is 1. The second-order valence-electron chi connectivity index (χ2n) is 4.89. The molecule has 1 saturated heterocycles. The quantitative estimate of drug-likeness (QED) is 0.885. The van der Waals surface area contributed by atoms with Crippen molar-refractivity contribution in [1.29, 1.82) is 0 Å². The topological polar surface area (TPSA) is 45.5 Å². The fourth-order valence-corrected chi connectivity index (χ4v) is 2.41. The molecule has 1 aliphatic heterocycles. The number of β-amino-alcohol motifs (C(OH)–C–C–N with tert-alkyl or cyclic N) is 1. The molecule has 0 atom stereocenters. The van der Waals surface area contributed by atoms with Gasteiger partial charge < -0.3 is 14.6 Å². The third kappa shape index (κ3) is 2.04. The predicted molar refractivity (Wildman–Crippen MR) is 72.8 cm³/mol. The van der Waals surface area contributed by atoms with Crippen LogP contribution in [0.3, 0.4) is 0 Å². The summed E-state index contributed by atoms with van der Waals surface area (Å²) in [4.78, 5) is 13.9. The standard InChI is InChI=1S/C15H16N2O2/c1-16-13(11-5-3-2-4-6-11)7-8-14(16)15(19)17-9-12(18)10-17/h2-8,12,18H,9-10H2,1H3. The first-order valence-corrected chi connectivity index (χ1v) is 6.35. The van der Waals surface area contributed by atoms with Gasteiger partial charge in [0.15, 0.2) is 0 Å². The van der Waals surface area contributed by atoms with E-state index in [1.807, 2.05) is 54.1 Å². The Labute approximate surface area is 111 Å². The highest BCUT2D eigenvalue weighted by molar-refractivity contribution is 5.94. The summed E-state index contributed by atoms with van der Waals surface area (Å²) in [5.74, 6) is -0.0185. The first kappa shape index (κ1) is 12.0. The Morgan fingerprint density at radius 1 is 1.16 bits per heavy atom. The maximum Gasteiger partial charge on any atom is 0.270 e. The molecule has 98 valence electrons. The van der Waals surface area contributed by atoms with Crippen molar-refractivity contribution in [3.8, 4) is 11.3 Å². The van der Waals surface area contributed by atoms with Crippen molar-refractivity contribution < 1.29 is 9.90 Å². The van der Waals surface area contributed by atoms with Gasteiger partial charge in [0.05, 0.1) is 6.10 Å². The summed E-state index contributed by atoms with van der Waals surface area (Å²) >= 11 is 0. The number of aliphatic hydroxyl groups excluding tert-OH is 1. The lowest BCUT2D eigenvalue weighted by atomic mass is 10.1. The van der Waals surface area contributed by atoms with Crippen molar-refractivity contribution in [2.75, 3.05) is 13.1 Å². The summed E-state index contributed by atoms with van der Waals surface area (Å²) in [5, 5.41) is 9.27. The van der Waals surface area contributed by atoms with Crippen molar-refractivity contribution in [2.45, 2.75) is 6.10 Å². The van der Waals surface area contributed by atoms with Crippen LogP contribution in [0.4, 0.5) is 0 Å². The van der Waals surface area contributed by atoms with E-state index >= 15 is 0 Å². The Balaban J connectivity index is 1.89. The van der Waals surface area contributed by atoms with Gasteiger partial charge in [-0.15, -0.1) is 0 Å². The molecule has 0 unspecified atom stereocenters. The van der Waals surface area contributed by atoms with Crippen molar-refractivity contribution in [3.05, 3.63) is 48.2 Å². The van der Waals surface area contributed by atoms with Crippen LogP contribution in [0.15, 0.2) is 42.5 Å². The van der Waals surface area contributed by atoms with Gasteiger partial charge in [-0.3, -0.25) is 4.79 Å². The normalized spacial score (nSPS) is 15.4. The Morgan fingerprint density at radius 2 is 1.84 bits per heavy atom. The number of aliphatic hydroxyl groups is 1. The summed E-state index contributed by atoms with van der Waals surface area (Å²) in [5.41, 5.74) is 2.77. The molecule has 1 aromatic carbocycles. The molecule has 0 saturated carbocycles. The number of likely N-dealkylation sites (tertiary alicyclic amines) is 1. The zero-order chi connectivity index (χ0) is 13.4. The predicted octanol–water partition coefficient (Wildman–Crippen LogP) is 1.51. The monoisotopic (exact) mass is 256 g/mol. The molecule has 1 amide bonds. The van der Waals surface area contributed by atoms with Gasteiger partial charge in [-0.05, 0) is 17.7 Å². The molecular formula is C15H16N2O2.